The molecule has 0 saturated heterocycles. The minimum atomic E-state index is 0.189. The van der Waals surface area contributed by atoms with E-state index in [2.05, 4.69) is 15.3 Å². The third-order valence-electron chi connectivity index (χ3n) is 2.41. The summed E-state index contributed by atoms with van der Waals surface area (Å²) in [4.78, 5) is 7.98. The molecule has 5 nitrogen and oxygen atoms in total. The van der Waals surface area contributed by atoms with E-state index in [0.717, 1.165) is 5.56 Å². The molecule has 0 amide bonds. The van der Waals surface area contributed by atoms with Gasteiger partial charge in [0.05, 0.1) is 0 Å². The van der Waals surface area contributed by atoms with Crippen LogP contribution >= 0.6 is 0 Å². The molecule has 0 aliphatic rings. The van der Waals surface area contributed by atoms with Crippen molar-refractivity contribution < 1.29 is 4.74 Å². The lowest BCUT2D eigenvalue weighted by atomic mass is 10.2. The van der Waals surface area contributed by atoms with E-state index in [0.29, 0.717) is 18.3 Å². The first-order chi connectivity index (χ1) is 9.28. The van der Waals surface area contributed by atoms with Crippen LogP contribution in [0, 0.1) is 0 Å². The summed E-state index contributed by atoms with van der Waals surface area (Å²) in [5.41, 5.74) is 6.70. The Morgan fingerprint density at radius 1 is 1.26 bits per heavy atom. The van der Waals surface area contributed by atoms with Gasteiger partial charge in [-0.05, 0) is 11.6 Å². The topological polar surface area (TPSA) is 73.1 Å². The molecule has 5 heteroatoms. The summed E-state index contributed by atoms with van der Waals surface area (Å²) >= 11 is 0. The van der Waals surface area contributed by atoms with Gasteiger partial charge in [0.1, 0.15) is 12.4 Å². The van der Waals surface area contributed by atoms with E-state index in [1.54, 1.807) is 13.1 Å². The SMILES string of the molecule is CNc1cc(OC/C=C/c2ccccc2)nc(N)n1. The van der Waals surface area contributed by atoms with Crippen LogP contribution < -0.4 is 15.8 Å². The highest BCUT2D eigenvalue weighted by atomic mass is 16.5. The van der Waals surface area contributed by atoms with Crippen LogP contribution in [0.4, 0.5) is 11.8 Å². The second kappa shape index (κ2) is 6.39. The summed E-state index contributed by atoms with van der Waals surface area (Å²) in [5, 5.41) is 2.90. The molecule has 3 N–H and O–H groups in total. The third kappa shape index (κ3) is 3.99. The number of anilines is 2. The molecule has 98 valence electrons. The molecular weight excluding hydrogens is 240 g/mol. The van der Waals surface area contributed by atoms with Gasteiger partial charge in [-0.15, -0.1) is 0 Å². The van der Waals surface area contributed by atoms with Crippen molar-refractivity contribution in [2.45, 2.75) is 0 Å². The van der Waals surface area contributed by atoms with Gasteiger partial charge in [0.2, 0.25) is 11.8 Å². The summed E-state index contributed by atoms with van der Waals surface area (Å²) in [5.74, 6) is 1.28. The fourth-order valence-corrected chi connectivity index (χ4v) is 1.53. The normalized spacial score (nSPS) is 10.6. The van der Waals surface area contributed by atoms with Crippen molar-refractivity contribution >= 4 is 17.8 Å². The average Bonchev–Trinajstić information content (AvgIpc) is 2.44. The monoisotopic (exact) mass is 256 g/mol. The van der Waals surface area contributed by atoms with Crippen molar-refractivity contribution in [2.24, 2.45) is 0 Å². The van der Waals surface area contributed by atoms with E-state index in [4.69, 9.17) is 10.5 Å². The van der Waals surface area contributed by atoms with Gasteiger partial charge in [-0.1, -0.05) is 36.4 Å². The zero-order chi connectivity index (χ0) is 13.5. The summed E-state index contributed by atoms with van der Waals surface area (Å²) in [6.45, 7) is 0.425. The van der Waals surface area contributed by atoms with E-state index in [1.807, 2.05) is 42.5 Å². The number of nitrogen functional groups attached to an aromatic ring is 1. The first-order valence-corrected chi connectivity index (χ1v) is 5.94. The number of nitrogens with zero attached hydrogens (tertiary/aromatic N) is 2. The van der Waals surface area contributed by atoms with Crippen molar-refractivity contribution in [3.05, 3.63) is 48.0 Å². The van der Waals surface area contributed by atoms with Gasteiger partial charge >= 0.3 is 0 Å². The molecule has 0 aliphatic carbocycles. The highest BCUT2D eigenvalue weighted by Crippen LogP contribution is 2.14. The first-order valence-electron chi connectivity index (χ1n) is 5.94. The quantitative estimate of drug-likeness (QED) is 0.858. The van der Waals surface area contributed by atoms with E-state index >= 15 is 0 Å². The maximum atomic E-state index is 5.57. The molecule has 19 heavy (non-hydrogen) atoms. The second-order valence-electron chi connectivity index (χ2n) is 3.82. The molecule has 0 spiro atoms. The molecule has 0 radical (unpaired) electrons. The van der Waals surface area contributed by atoms with Crippen molar-refractivity contribution in [2.75, 3.05) is 24.7 Å². The molecule has 0 fully saturated rings. The Morgan fingerprint density at radius 2 is 2.05 bits per heavy atom. The van der Waals surface area contributed by atoms with Crippen molar-refractivity contribution in [3.8, 4) is 5.88 Å². The predicted molar refractivity (Wildman–Crippen MR) is 77.0 cm³/mol. The lowest BCUT2D eigenvalue weighted by molar-refractivity contribution is 0.349. The van der Waals surface area contributed by atoms with E-state index in [-0.39, 0.29) is 5.95 Å². The van der Waals surface area contributed by atoms with Gasteiger partial charge in [-0.2, -0.15) is 9.97 Å². The summed E-state index contributed by atoms with van der Waals surface area (Å²) < 4.78 is 5.49. The molecule has 1 aromatic carbocycles. The van der Waals surface area contributed by atoms with Crippen LogP contribution in [0.2, 0.25) is 0 Å². The number of hydrogen-bond acceptors (Lipinski definition) is 5. The zero-order valence-corrected chi connectivity index (χ0v) is 10.7. The molecule has 2 aromatic rings. The maximum Gasteiger partial charge on any atom is 0.225 e. The van der Waals surface area contributed by atoms with Gasteiger partial charge in [0.25, 0.3) is 0 Å². The zero-order valence-electron chi connectivity index (χ0n) is 10.7. The van der Waals surface area contributed by atoms with Crippen LogP contribution in [0.3, 0.4) is 0 Å². The third-order valence-corrected chi connectivity index (χ3v) is 2.41. The van der Waals surface area contributed by atoms with Gasteiger partial charge in [-0.3, -0.25) is 0 Å². The summed E-state index contributed by atoms with van der Waals surface area (Å²) in [7, 11) is 1.76. The molecule has 1 heterocycles. The number of benzene rings is 1. The molecule has 0 saturated carbocycles. The smallest absolute Gasteiger partial charge is 0.225 e. The lowest BCUT2D eigenvalue weighted by Gasteiger charge is -2.05. The van der Waals surface area contributed by atoms with E-state index in [9.17, 15) is 0 Å². The number of hydrogen-bond donors (Lipinski definition) is 2. The fraction of sp³-hybridized carbons (Fsp3) is 0.143. The molecule has 2 rings (SSSR count). The lowest BCUT2D eigenvalue weighted by Crippen LogP contribution is -2.03. The Labute approximate surface area is 112 Å². The Morgan fingerprint density at radius 3 is 2.79 bits per heavy atom. The largest absolute Gasteiger partial charge is 0.473 e. The highest BCUT2D eigenvalue weighted by molar-refractivity contribution is 5.48. The van der Waals surface area contributed by atoms with Crippen molar-refractivity contribution in [3.63, 3.8) is 0 Å². The number of nitrogens with one attached hydrogen (secondary N) is 1. The van der Waals surface area contributed by atoms with Gasteiger partial charge in [0.15, 0.2) is 0 Å². The van der Waals surface area contributed by atoms with E-state index in [1.165, 1.54) is 0 Å². The van der Waals surface area contributed by atoms with Crippen LogP contribution in [0.1, 0.15) is 5.56 Å². The average molecular weight is 256 g/mol. The number of nitrogens with two attached hydrogens (primary N) is 1. The standard InChI is InChI=1S/C14H16N4O/c1-16-12-10-13(18-14(15)17-12)19-9-5-8-11-6-3-2-4-7-11/h2-8,10H,9H2,1H3,(H3,15,16,17,18)/b8-5+. The molecule has 0 bridgehead atoms. The van der Waals surface area contributed by atoms with Crippen molar-refractivity contribution in [1.82, 2.24) is 9.97 Å². The van der Waals surface area contributed by atoms with Crippen LogP contribution in [-0.2, 0) is 0 Å². The molecule has 0 atom stereocenters. The molecular formula is C14H16N4O. The number of aromatic nitrogens is 2. The van der Waals surface area contributed by atoms with Gasteiger partial charge in [-0.25, -0.2) is 0 Å². The molecule has 0 aliphatic heterocycles. The summed E-state index contributed by atoms with van der Waals surface area (Å²) in [6, 6.07) is 11.7. The van der Waals surface area contributed by atoms with Crippen molar-refractivity contribution in [1.29, 1.82) is 0 Å². The van der Waals surface area contributed by atoms with Crippen LogP contribution in [-0.4, -0.2) is 23.6 Å². The van der Waals surface area contributed by atoms with Crippen LogP contribution in [0.25, 0.3) is 6.08 Å². The molecule has 1 aromatic heterocycles. The highest BCUT2D eigenvalue weighted by Gasteiger charge is 2.00. The second-order valence-corrected chi connectivity index (χ2v) is 3.82. The Balaban J connectivity index is 1.92. The van der Waals surface area contributed by atoms with E-state index < -0.39 is 0 Å². The number of rotatable bonds is 5. The minimum Gasteiger partial charge on any atom is -0.473 e. The maximum absolute atomic E-state index is 5.57. The number of ether oxygens (including phenoxy) is 1. The van der Waals surface area contributed by atoms with Gasteiger partial charge in [0, 0.05) is 13.1 Å². The Hall–Kier alpha value is -2.56. The Kier molecular flexibility index (Phi) is 4.34. The predicted octanol–water partition coefficient (Wildman–Crippen LogP) is 2.19. The Bertz CT molecular complexity index is 555. The minimum absolute atomic E-state index is 0.189. The van der Waals surface area contributed by atoms with Gasteiger partial charge < -0.3 is 15.8 Å². The first kappa shape index (κ1) is 12.9. The fourth-order valence-electron chi connectivity index (χ4n) is 1.53. The molecule has 0 unspecified atom stereocenters. The van der Waals surface area contributed by atoms with Crippen LogP contribution in [0.5, 0.6) is 5.88 Å². The summed E-state index contributed by atoms with van der Waals surface area (Å²) in [6.07, 6.45) is 3.91. The van der Waals surface area contributed by atoms with Crippen LogP contribution in [0.15, 0.2) is 42.5 Å².